The first-order chi connectivity index (χ1) is 12.4. The van der Waals surface area contributed by atoms with Crippen LogP contribution in [0, 0.1) is 5.21 Å². The molecule has 2 aromatic carbocycles. The third-order valence-electron chi connectivity index (χ3n) is 4.13. The van der Waals surface area contributed by atoms with E-state index in [-0.39, 0.29) is 17.0 Å². The Bertz CT molecular complexity index is 1080. The number of aryl methyl sites for hydroxylation is 1. The van der Waals surface area contributed by atoms with Gasteiger partial charge in [0.2, 0.25) is 0 Å². The lowest BCUT2D eigenvalue weighted by molar-refractivity contribution is -0.991. The van der Waals surface area contributed by atoms with Crippen molar-refractivity contribution in [3.05, 3.63) is 81.3 Å². The molecule has 3 N–H and O–H groups in total. The molecule has 0 aliphatic rings. The van der Waals surface area contributed by atoms with Crippen LogP contribution in [0.25, 0.3) is 17.0 Å². The summed E-state index contributed by atoms with van der Waals surface area (Å²) in [6.45, 7) is 0. The lowest BCUT2D eigenvalue weighted by Crippen LogP contribution is -2.99. The Balaban J connectivity index is 2.08. The number of nitrogens with zero attached hydrogens (tertiary/aromatic N) is 1. The van der Waals surface area contributed by atoms with E-state index < -0.39 is 16.6 Å². The van der Waals surface area contributed by atoms with Crippen LogP contribution in [0.2, 0.25) is 0 Å². The van der Waals surface area contributed by atoms with Crippen LogP contribution >= 0.6 is 0 Å². The first-order valence-corrected chi connectivity index (χ1v) is 7.77. The van der Waals surface area contributed by atoms with Crippen molar-refractivity contribution in [2.24, 2.45) is 7.05 Å². The van der Waals surface area contributed by atoms with Gasteiger partial charge >= 0.3 is 0 Å². The Kier molecular flexibility index (Phi) is 4.68. The van der Waals surface area contributed by atoms with Crippen molar-refractivity contribution in [2.45, 2.75) is 0 Å². The van der Waals surface area contributed by atoms with Crippen molar-refractivity contribution in [1.82, 2.24) is 4.57 Å². The molecule has 0 saturated carbocycles. The van der Waals surface area contributed by atoms with Gasteiger partial charge in [-0.2, -0.15) is 5.23 Å². The second-order valence-electron chi connectivity index (χ2n) is 5.69. The summed E-state index contributed by atoms with van der Waals surface area (Å²) in [6, 6.07) is 12.9. The number of ketones is 1. The summed E-state index contributed by atoms with van der Waals surface area (Å²) in [6.07, 6.45) is 2.41. The highest BCUT2D eigenvalue weighted by atomic mass is 16.8. The summed E-state index contributed by atoms with van der Waals surface area (Å²) in [5, 5.41) is 30.1. The van der Waals surface area contributed by atoms with Gasteiger partial charge in [0.05, 0.1) is 5.52 Å². The fourth-order valence-electron chi connectivity index (χ4n) is 2.79. The van der Waals surface area contributed by atoms with Gasteiger partial charge in [-0.3, -0.25) is 9.59 Å². The summed E-state index contributed by atoms with van der Waals surface area (Å²) >= 11 is 0. The van der Waals surface area contributed by atoms with Crippen LogP contribution < -0.4 is 10.8 Å². The van der Waals surface area contributed by atoms with Crippen LogP contribution in [0.1, 0.15) is 15.9 Å². The van der Waals surface area contributed by atoms with Gasteiger partial charge in [0.25, 0.3) is 5.56 Å². The Labute approximate surface area is 148 Å². The zero-order valence-corrected chi connectivity index (χ0v) is 13.8. The second kappa shape index (κ2) is 6.93. The highest BCUT2D eigenvalue weighted by Gasteiger charge is 2.19. The Hall–Kier alpha value is -3.26. The van der Waals surface area contributed by atoms with E-state index in [0.29, 0.717) is 16.5 Å². The third-order valence-corrected chi connectivity index (χ3v) is 4.13. The van der Waals surface area contributed by atoms with Crippen LogP contribution in [-0.2, 0) is 7.05 Å². The highest BCUT2D eigenvalue weighted by Crippen LogP contribution is 2.26. The van der Waals surface area contributed by atoms with Gasteiger partial charge < -0.3 is 14.9 Å². The average molecular weight is 352 g/mol. The molecule has 1 aromatic heterocycles. The number of allylic oxidation sites excluding steroid dienone is 1. The van der Waals surface area contributed by atoms with Gasteiger partial charge in [-0.1, -0.05) is 24.3 Å². The van der Waals surface area contributed by atoms with Crippen molar-refractivity contribution in [1.29, 1.82) is 0 Å². The Morgan fingerprint density at radius 1 is 1.15 bits per heavy atom. The van der Waals surface area contributed by atoms with E-state index in [1.165, 1.54) is 23.8 Å². The first-order valence-electron chi connectivity index (χ1n) is 7.77. The summed E-state index contributed by atoms with van der Waals surface area (Å²) in [7, 11) is 1.52. The van der Waals surface area contributed by atoms with Gasteiger partial charge in [0.15, 0.2) is 11.5 Å². The minimum atomic E-state index is -1.12. The second-order valence-corrected chi connectivity index (χ2v) is 5.69. The SMILES string of the molecule is Cn1c(=O)c(C(=O)C=Cc2ccccc2[NH+]([O-])O)c(O)c2ccccc21. The minimum absolute atomic E-state index is 0.0344. The number of pyridine rings is 1. The van der Waals surface area contributed by atoms with E-state index in [2.05, 4.69) is 0 Å². The van der Waals surface area contributed by atoms with E-state index in [1.807, 2.05) is 0 Å². The molecular formula is C19H16N2O5. The average Bonchev–Trinajstić information content (AvgIpc) is 2.65. The van der Waals surface area contributed by atoms with E-state index in [0.717, 1.165) is 6.08 Å². The predicted octanol–water partition coefficient (Wildman–Crippen LogP) is 1.54. The summed E-state index contributed by atoms with van der Waals surface area (Å²) < 4.78 is 1.29. The number of carbonyl (C=O) groups is 1. The maximum absolute atomic E-state index is 12.5. The number of aromatic nitrogens is 1. The van der Waals surface area contributed by atoms with Crippen LogP contribution in [0.3, 0.4) is 0 Å². The first kappa shape index (κ1) is 17.6. The highest BCUT2D eigenvalue weighted by molar-refractivity contribution is 6.11. The maximum Gasteiger partial charge on any atom is 0.265 e. The van der Waals surface area contributed by atoms with E-state index in [4.69, 9.17) is 0 Å². The monoisotopic (exact) mass is 352 g/mol. The number of hydrogen-bond acceptors (Lipinski definition) is 5. The lowest BCUT2D eigenvalue weighted by Gasteiger charge is -2.13. The number of aromatic hydroxyl groups is 1. The molecule has 0 amide bonds. The molecule has 0 spiro atoms. The zero-order chi connectivity index (χ0) is 18.8. The zero-order valence-electron chi connectivity index (χ0n) is 13.8. The van der Waals surface area contributed by atoms with Crippen molar-refractivity contribution in [3.8, 4) is 5.75 Å². The van der Waals surface area contributed by atoms with Gasteiger partial charge in [-0.25, -0.2) is 5.21 Å². The summed E-state index contributed by atoms with van der Waals surface area (Å²) in [5.74, 6) is -1.08. The minimum Gasteiger partial charge on any atom is -0.595 e. The van der Waals surface area contributed by atoms with Crippen LogP contribution in [0.5, 0.6) is 5.75 Å². The molecule has 0 fully saturated rings. The van der Waals surface area contributed by atoms with E-state index in [1.54, 1.807) is 42.5 Å². The number of rotatable bonds is 4. The lowest BCUT2D eigenvalue weighted by atomic mass is 10.1. The topological polar surface area (TPSA) is 107 Å². The normalized spacial score (nSPS) is 12.6. The molecule has 0 aliphatic carbocycles. The fourth-order valence-corrected chi connectivity index (χ4v) is 2.79. The van der Waals surface area contributed by atoms with Crippen molar-refractivity contribution in [3.63, 3.8) is 0 Å². The van der Waals surface area contributed by atoms with Crippen LogP contribution in [0.4, 0.5) is 5.69 Å². The number of nitrogens with one attached hydrogen (secondary N) is 1. The van der Waals surface area contributed by atoms with Gasteiger partial charge in [-0.05, 0) is 30.4 Å². The number of fused-ring (bicyclic) bond motifs is 1. The number of quaternary nitrogens is 1. The Morgan fingerprint density at radius 2 is 1.81 bits per heavy atom. The summed E-state index contributed by atoms with van der Waals surface area (Å²) in [4.78, 5) is 25.0. The molecule has 3 aromatic rings. The van der Waals surface area contributed by atoms with Crippen LogP contribution in [-0.4, -0.2) is 20.7 Å². The molecular weight excluding hydrogens is 336 g/mol. The molecule has 0 aliphatic heterocycles. The van der Waals surface area contributed by atoms with Gasteiger partial charge in [0, 0.05) is 24.1 Å². The van der Waals surface area contributed by atoms with Gasteiger partial charge in [0.1, 0.15) is 11.3 Å². The largest absolute Gasteiger partial charge is 0.595 e. The molecule has 3 rings (SSSR count). The van der Waals surface area contributed by atoms with Crippen molar-refractivity contribution < 1.29 is 20.3 Å². The Morgan fingerprint density at radius 3 is 2.54 bits per heavy atom. The maximum atomic E-state index is 12.5. The molecule has 26 heavy (non-hydrogen) atoms. The molecule has 1 unspecified atom stereocenters. The van der Waals surface area contributed by atoms with E-state index in [9.17, 15) is 25.1 Å². The predicted molar refractivity (Wildman–Crippen MR) is 96.4 cm³/mol. The third kappa shape index (κ3) is 3.02. The molecule has 0 bridgehead atoms. The quantitative estimate of drug-likeness (QED) is 0.375. The molecule has 0 radical (unpaired) electrons. The number of carbonyl (C=O) groups excluding carboxylic acids is 1. The van der Waals surface area contributed by atoms with Crippen LogP contribution in [0.15, 0.2) is 59.4 Å². The van der Waals surface area contributed by atoms with Crippen molar-refractivity contribution in [2.75, 3.05) is 0 Å². The van der Waals surface area contributed by atoms with E-state index >= 15 is 0 Å². The number of para-hydroxylation sites is 2. The molecule has 1 heterocycles. The molecule has 7 nitrogen and oxygen atoms in total. The molecule has 0 saturated heterocycles. The standard InChI is InChI=1S/C19H16N2O5/c1-20-15-9-5-3-7-13(15)18(23)17(19(20)24)16(22)11-10-12-6-2-4-8-14(12)21(25)26/h2-11,21,23,25H,1H3. The number of benzene rings is 2. The fraction of sp³-hybridized carbons (Fsp3) is 0.0526. The van der Waals surface area contributed by atoms with Gasteiger partial charge in [-0.15, -0.1) is 0 Å². The molecule has 1 atom stereocenters. The smallest absolute Gasteiger partial charge is 0.265 e. The molecule has 7 heteroatoms. The number of hydrogen-bond donors (Lipinski definition) is 3. The molecule has 132 valence electrons. The summed E-state index contributed by atoms with van der Waals surface area (Å²) in [5.41, 5.74) is -0.109. The van der Waals surface area contributed by atoms with Crippen molar-refractivity contribution >= 4 is 28.4 Å².